The molecule has 0 spiro atoms. The third-order valence-corrected chi connectivity index (χ3v) is 4.18. The molecule has 2 unspecified atom stereocenters. The SMILES string of the molecule is CNC(C)c1cccnc1N1CCC(C(C)C)C1. The Bertz CT molecular complexity index is 389. The molecular weight excluding hydrogens is 222 g/mol. The zero-order valence-corrected chi connectivity index (χ0v) is 12.0. The van der Waals surface area contributed by atoms with Gasteiger partial charge in [-0.3, -0.25) is 0 Å². The van der Waals surface area contributed by atoms with Crippen LogP contribution in [0, 0.1) is 11.8 Å². The molecule has 0 amide bonds. The molecule has 0 bridgehead atoms. The number of hydrogen-bond acceptors (Lipinski definition) is 3. The van der Waals surface area contributed by atoms with Crippen molar-refractivity contribution >= 4 is 5.82 Å². The zero-order valence-electron chi connectivity index (χ0n) is 12.0. The molecule has 1 aliphatic rings. The maximum Gasteiger partial charge on any atom is 0.133 e. The van der Waals surface area contributed by atoms with Crippen LogP contribution < -0.4 is 10.2 Å². The van der Waals surface area contributed by atoms with Gasteiger partial charge in [-0.25, -0.2) is 4.98 Å². The van der Waals surface area contributed by atoms with Crippen molar-refractivity contribution in [1.29, 1.82) is 0 Å². The second kappa shape index (κ2) is 5.70. The molecule has 1 aromatic rings. The van der Waals surface area contributed by atoms with Crippen LogP contribution in [-0.2, 0) is 0 Å². The number of rotatable bonds is 4. The maximum absolute atomic E-state index is 4.61. The van der Waals surface area contributed by atoms with Crippen LogP contribution in [-0.4, -0.2) is 25.1 Å². The van der Waals surface area contributed by atoms with Crippen LogP contribution in [0.2, 0.25) is 0 Å². The molecule has 0 aliphatic carbocycles. The van der Waals surface area contributed by atoms with E-state index in [0.29, 0.717) is 6.04 Å². The van der Waals surface area contributed by atoms with Crippen LogP contribution in [0.4, 0.5) is 5.82 Å². The van der Waals surface area contributed by atoms with Gasteiger partial charge in [0.2, 0.25) is 0 Å². The van der Waals surface area contributed by atoms with E-state index in [9.17, 15) is 0 Å². The topological polar surface area (TPSA) is 28.2 Å². The van der Waals surface area contributed by atoms with E-state index in [-0.39, 0.29) is 0 Å². The van der Waals surface area contributed by atoms with E-state index in [1.54, 1.807) is 0 Å². The average Bonchev–Trinajstić information content (AvgIpc) is 2.87. The van der Waals surface area contributed by atoms with Crippen LogP contribution in [0.3, 0.4) is 0 Å². The summed E-state index contributed by atoms with van der Waals surface area (Å²) in [6, 6.07) is 4.57. The lowest BCUT2D eigenvalue weighted by Gasteiger charge is -2.24. The first kappa shape index (κ1) is 13.3. The van der Waals surface area contributed by atoms with E-state index < -0.39 is 0 Å². The van der Waals surface area contributed by atoms with Gasteiger partial charge >= 0.3 is 0 Å². The van der Waals surface area contributed by atoms with Crippen molar-refractivity contribution in [2.75, 3.05) is 25.0 Å². The third-order valence-electron chi connectivity index (χ3n) is 4.18. The van der Waals surface area contributed by atoms with E-state index in [1.807, 2.05) is 19.3 Å². The molecule has 18 heavy (non-hydrogen) atoms. The molecule has 1 N–H and O–H groups in total. The fourth-order valence-corrected chi connectivity index (χ4v) is 2.69. The Labute approximate surface area is 111 Å². The van der Waals surface area contributed by atoms with Gasteiger partial charge in [0.15, 0.2) is 0 Å². The van der Waals surface area contributed by atoms with Gasteiger partial charge in [-0.15, -0.1) is 0 Å². The summed E-state index contributed by atoms with van der Waals surface area (Å²) in [4.78, 5) is 7.06. The number of anilines is 1. The fraction of sp³-hybridized carbons (Fsp3) is 0.667. The normalized spacial score (nSPS) is 21.6. The molecule has 1 fully saturated rings. The first-order chi connectivity index (χ1) is 8.63. The van der Waals surface area contributed by atoms with Crippen LogP contribution in [0.5, 0.6) is 0 Å². The lowest BCUT2D eigenvalue weighted by atomic mass is 9.95. The van der Waals surface area contributed by atoms with E-state index in [1.165, 1.54) is 17.8 Å². The third kappa shape index (κ3) is 2.66. The van der Waals surface area contributed by atoms with Crippen molar-refractivity contribution in [3.05, 3.63) is 23.9 Å². The largest absolute Gasteiger partial charge is 0.356 e. The smallest absolute Gasteiger partial charge is 0.133 e. The predicted octanol–water partition coefficient (Wildman–Crippen LogP) is 2.84. The number of hydrogen-bond donors (Lipinski definition) is 1. The second-order valence-corrected chi connectivity index (χ2v) is 5.67. The van der Waals surface area contributed by atoms with Gasteiger partial charge in [0, 0.05) is 30.9 Å². The fourth-order valence-electron chi connectivity index (χ4n) is 2.69. The highest BCUT2D eigenvalue weighted by molar-refractivity contribution is 5.49. The highest BCUT2D eigenvalue weighted by Gasteiger charge is 2.27. The van der Waals surface area contributed by atoms with E-state index in [2.05, 4.69) is 42.0 Å². The molecule has 3 heteroatoms. The van der Waals surface area contributed by atoms with Crippen molar-refractivity contribution in [2.24, 2.45) is 11.8 Å². The number of pyridine rings is 1. The van der Waals surface area contributed by atoms with Crippen LogP contribution >= 0.6 is 0 Å². The molecule has 0 saturated carbocycles. The number of aromatic nitrogens is 1. The molecule has 0 aromatic carbocycles. The summed E-state index contributed by atoms with van der Waals surface area (Å²) in [5, 5.41) is 3.31. The highest BCUT2D eigenvalue weighted by Crippen LogP contribution is 2.31. The van der Waals surface area contributed by atoms with Gasteiger partial charge in [-0.05, 0) is 38.3 Å². The first-order valence-electron chi connectivity index (χ1n) is 7.00. The van der Waals surface area contributed by atoms with Gasteiger partial charge < -0.3 is 10.2 Å². The standard InChI is InChI=1S/C15H25N3/c1-11(2)13-7-9-18(10-13)15-14(12(3)16-4)6-5-8-17-15/h5-6,8,11-13,16H,7,9-10H2,1-4H3. The monoisotopic (exact) mass is 247 g/mol. The molecule has 0 radical (unpaired) electrons. The average molecular weight is 247 g/mol. The van der Waals surface area contributed by atoms with E-state index >= 15 is 0 Å². The quantitative estimate of drug-likeness (QED) is 0.887. The Hall–Kier alpha value is -1.09. The summed E-state index contributed by atoms with van der Waals surface area (Å²) < 4.78 is 0. The Kier molecular flexibility index (Phi) is 4.23. The minimum Gasteiger partial charge on any atom is -0.356 e. The molecule has 1 aromatic heterocycles. The molecule has 100 valence electrons. The zero-order chi connectivity index (χ0) is 13.1. The Morgan fingerprint density at radius 3 is 2.78 bits per heavy atom. The summed E-state index contributed by atoms with van der Waals surface area (Å²) >= 11 is 0. The Morgan fingerprint density at radius 1 is 1.39 bits per heavy atom. The van der Waals surface area contributed by atoms with Crippen LogP contribution in [0.1, 0.15) is 38.8 Å². The number of nitrogens with zero attached hydrogens (tertiary/aromatic N) is 2. The predicted molar refractivity (Wildman–Crippen MR) is 76.9 cm³/mol. The van der Waals surface area contributed by atoms with Crippen molar-refractivity contribution in [3.8, 4) is 0 Å². The summed E-state index contributed by atoms with van der Waals surface area (Å²) in [5.41, 5.74) is 1.31. The highest BCUT2D eigenvalue weighted by atomic mass is 15.2. The van der Waals surface area contributed by atoms with Crippen molar-refractivity contribution < 1.29 is 0 Å². The van der Waals surface area contributed by atoms with Gasteiger partial charge in [-0.2, -0.15) is 0 Å². The van der Waals surface area contributed by atoms with Gasteiger partial charge in [0.05, 0.1) is 0 Å². The Balaban J connectivity index is 2.19. The molecule has 2 heterocycles. The van der Waals surface area contributed by atoms with E-state index in [0.717, 1.165) is 24.9 Å². The Morgan fingerprint density at radius 2 is 2.17 bits per heavy atom. The van der Waals surface area contributed by atoms with Crippen molar-refractivity contribution in [2.45, 2.75) is 33.2 Å². The first-order valence-corrected chi connectivity index (χ1v) is 7.00. The summed E-state index contributed by atoms with van der Waals surface area (Å²) in [5.74, 6) is 2.75. The summed E-state index contributed by atoms with van der Waals surface area (Å²) in [6.07, 6.45) is 3.20. The lowest BCUT2D eigenvalue weighted by molar-refractivity contribution is 0.422. The second-order valence-electron chi connectivity index (χ2n) is 5.67. The van der Waals surface area contributed by atoms with Gasteiger partial charge in [-0.1, -0.05) is 19.9 Å². The molecule has 1 saturated heterocycles. The minimum absolute atomic E-state index is 0.354. The lowest BCUT2D eigenvalue weighted by Crippen LogP contribution is -2.25. The van der Waals surface area contributed by atoms with Crippen LogP contribution in [0.25, 0.3) is 0 Å². The molecule has 2 rings (SSSR count). The summed E-state index contributed by atoms with van der Waals surface area (Å²) in [7, 11) is 2.00. The number of nitrogens with one attached hydrogen (secondary N) is 1. The molecular formula is C15H25N3. The van der Waals surface area contributed by atoms with E-state index in [4.69, 9.17) is 0 Å². The molecule has 3 nitrogen and oxygen atoms in total. The summed E-state index contributed by atoms with van der Waals surface area (Å²) in [6.45, 7) is 9.13. The molecule has 2 atom stereocenters. The van der Waals surface area contributed by atoms with Gasteiger partial charge in [0.25, 0.3) is 0 Å². The molecule has 1 aliphatic heterocycles. The van der Waals surface area contributed by atoms with Crippen LogP contribution in [0.15, 0.2) is 18.3 Å². The maximum atomic E-state index is 4.61. The van der Waals surface area contributed by atoms with Gasteiger partial charge in [0.1, 0.15) is 5.82 Å². The van der Waals surface area contributed by atoms with Crippen molar-refractivity contribution in [3.63, 3.8) is 0 Å². The van der Waals surface area contributed by atoms with Crippen molar-refractivity contribution in [1.82, 2.24) is 10.3 Å². The minimum atomic E-state index is 0.354.